The number of aromatic nitrogens is 5. The molecule has 0 saturated heterocycles. The second-order valence-corrected chi connectivity index (χ2v) is 6.36. The van der Waals surface area contributed by atoms with Gasteiger partial charge in [-0.15, -0.1) is 16.4 Å². The van der Waals surface area contributed by atoms with Crippen molar-refractivity contribution in [2.75, 3.05) is 5.73 Å². The summed E-state index contributed by atoms with van der Waals surface area (Å²) in [6.45, 7) is 6.25. The quantitative estimate of drug-likeness (QED) is 0.559. The molecule has 2 heterocycles. The highest BCUT2D eigenvalue weighted by molar-refractivity contribution is 7.11. The molecule has 0 aliphatic carbocycles. The van der Waals surface area contributed by atoms with Crippen LogP contribution in [0.3, 0.4) is 0 Å². The molecular formula is C16H18N8S. The Morgan fingerprint density at radius 1 is 1.20 bits per heavy atom. The number of anilines is 1. The number of nitrogens with zero attached hydrogens (tertiary/aromatic N) is 7. The van der Waals surface area contributed by atoms with E-state index in [4.69, 9.17) is 5.73 Å². The molecule has 0 fully saturated rings. The summed E-state index contributed by atoms with van der Waals surface area (Å²) in [5, 5.41) is 23.2. The number of rotatable bonds is 5. The summed E-state index contributed by atoms with van der Waals surface area (Å²) < 4.78 is 0. The van der Waals surface area contributed by atoms with Gasteiger partial charge in [-0.3, -0.25) is 0 Å². The molecule has 0 bridgehead atoms. The number of tetrazole rings is 1. The number of hydrogen-bond acceptors (Lipinski definition) is 8. The van der Waals surface area contributed by atoms with Gasteiger partial charge in [0.15, 0.2) is 0 Å². The highest BCUT2D eigenvalue weighted by Gasteiger charge is 2.08. The fourth-order valence-electron chi connectivity index (χ4n) is 2.25. The number of thiazole rings is 1. The summed E-state index contributed by atoms with van der Waals surface area (Å²) in [5.74, 6) is 0.154. The molecule has 3 rings (SSSR count). The maximum Gasteiger partial charge on any atom is 0.260 e. The summed E-state index contributed by atoms with van der Waals surface area (Å²) in [5.41, 5.74) is 10.1. The number of aryl methyl sites for hydroxylation is 1. The maximum absolute atomic E-state index is 5.52. The lowest BCUT2D eigenvalue weighted by molar-refractivity contribution is 0.572. The van der Waals surface area contributed by atoms with Crippen molar-refractivity contribution in [2.45, 2.75) is 27.3 Å². The van der Waals surface area contributed by atoms with Gasteiger partial charge in [-0.25, -0.2) is 4.98 Å². The lowest BCUT2D eigenvalue weighted by Crippen LogP contribution is -2.09. The average Bonchev–Trinajstić information content (AvgIpc) is 3.21. The van der Waals surface area contributed by atoms with Crippen molar-refractivity contribution in [3.8, 4) is 0 Å². The van der Waals surface area contributed by atoms with Gasteiger partial charge in [0.2, 0.25) is 0 Å². The Labute approximate surface area is 149 Å². The Morgan fingerprint density at radius 2 is 1.96 bits per heavy atom. The molecule has 25 heavy (non-hydrogen) atoms. The minimum Gasteiger partial charge on any atom is -0.365 e. The van der Waals surface area contributed by atoms with Crippen LogP contribution in [0.15, 0.2) is 39.8 Å². The van der Waals surface area contributed by atoms with Crippen molar-refractivity contribution in [3.63, 3.8) is 0 Å². The Balaban J connectivity index is 1.85. The van der Waals surface area contributed by atoms with Crippen molar-refractivity contribution in [2.24, 2.45) is 10.2 Å². The zero-order chi connectivity index (χ0) is 17.8. The molecule has 3 aromatic rings. The van der Waals surface area contributed by atoms with Crippen molar-refractivity contribution >= 4 is 28.7 Å². The van der Waals surface area contributed by atoms with E-state index in [1.54, 1.807) is 11.3 Å². The Hall–Kier alpha value is -2.94. The maximum atomic E-state index is 5.52. The number of nitrogen functional groups attached to an aromatic ring is 1. The smallest absolute Gasteiger partial charge is 0.260 e. The zero-order valence-corrected chi connectivity index (χ0v) is 15.0. The van der Waals surface area contributed by atoms with Crippen molar-refractivity contribution in [1.29, 1.82) is 0 Å². The van der Waals surface area contributed by atoms with E-state index in [9.17, 15) is 0 Å². The van der Waals surface area contributed by atoms with Gasteiger partial charge in [-0.1, -0.05) is 29.4 Å². The van der Waals surface area contributed by atoms with Crippen LogP contribution in [0.1, 0.15) is 35.7 Å². The molecule has 0 unspecified atom stereocenters. The van der Waals surface area contributed by atoms with Crippen molar-refractivity contribution < 1.29 is 0 Å². The molecule has 0 aliphatic heterocycles. The van der Waals surface area contributed by atoms with Crippen LogP contribution in [-0.4, -0.2) is 36.6 Å². The van der Waals surface area contributed by atoms with Crippen LogP contribution in [0.2, 0.25) is 0 Å². The normalized spacial score (nSPS) is 12.6. The van der Waals surface area contributed by atoms with Gasteiger partial charge in [0.1, 0.15) is 5.01 Å². The second-order valence-electron chi connectivity index (χ2n) is 5.50. The topological polar surface area (TPSA) is 107 Å². The zero-order valence-electron chi connectivity index (χ0n) is 14.2. The standard InChI is InChI=1S/C16H18N8S/c1-10-9-25-15(18-10)12(3)20-19-11(2)14-7-5-4-6-13(14)8-24-22-16(17)21-23-24/h4-7,9H,8H2,1-3H3,(H2,17,22). The Bertz CT molecular complexity index is 937. The molecule has 1 aromatic carbocycles. The molecular weight excluding hydrogens is 336 g/mol. The third kappa shape index (κ3) is 4.13. The predicted molar refractivity (Wildman–Crippen MR) is 99.0 cm³/mol. The molecule has 2 N–H and O–H groups in total. The second kappa shape index (κ2) is 7.31. The van der Waals surface area contributed by atoms with Crippen LogP contribution in [0, 0.1) is 6.92 Å². The van der Waals surface area contributed by atoms with Gasteiger partial charge >= 0.3 is 0 Å². The average molecular weight is 354 g/mol. The van der Waals surface area contributed by atoms with Crippen molar-refractivity contribution in [3.05, 3.63) is 51.5 Å². The van der Waals surface area contributed by atoms with E-state index < -0.39 is 0 Å². The van der Waals surface area contributed by atoms with Crippen LogP contribution in [0.5, 0.6) is 0 Å². The van der Waals surface area contributed by atoms with Gasteiger partial charge in [-0.05, 0) is 31.5 Å². The summed E-state index contributed by atoms with van der Waals surface area (Å²) in [6.07, 6.45) is 0. The van der Waals surface area contributed by atoms with E-state index in [0.717, 1.165) is 33.3 Å². The van der Waals surface area contributed by atoms with Crippen LogP contribution in [-0.2, 0) is 6.54 Å². The molecule has 0 radical (unpaired) electrons. The van der Waals surface area contributed by atoms with Crippen LogP contribution in [0.25, 0.3) is 0 Å². The monoisotopic (exact) mass is 354 g/mol. The van der Waals surface area contributed by atoms with Gasteiger partial charge in [0, 0.05) is 16.6 Å². The lowest BCUT2D eigenvalue weighted by Gasteiger charge is -2.07. The molecule has 0 aliphatic rings. The molecule has 0 atom stereocenters. The number of benzene rings is 1. The van der Waals surface area contributed by atoms with Gasteiger partial charge < -0.3 is 5.73 Å². The molecule has 9 heteroatoms. The molecule has 0 saturated carbocycles. The largest absolute Gasteiger partial charge is 0.365 e. The molecule has 128 valence electrons. The first-order valence-electron chi connectivity index (χ1n) is 7.66. The molecule has 0 amide bonds. The molecule has 2 aromatic heterocycles. The minimum absolute atomic E-state index is 0.154. The third-order valence-corrected chi connectivity index (χ3v) is 4.53. The third-order valence-electron chi connectivity index (χ3n) is 3.47. The number of nitrogens with two attached hydrogens (primary N) is 1. The summed E-state index contributed by atoms with van der Waals surface area (Å²) in [6, 6.07) is 7.91. The molecule has 8 nitrogen and oxygen atoms in total. The van der Waals surface area contributed by atoms with Crippen LogP contribution >= 0.6 is 11.3 Å². The Morgan fingerprint density at radius 3 is 2.64 bits per heavy atom. The predicted octanol–water partition coefficient (Wildman–Crippen LogP) is 2.30. The van der Waals surface area contributed by atoms with Crippen LogP contribution in [0.4, 0.5) is 5.95 Å². The highest BCUT2D eigenvalue weighted by Crippen LogP contribution is 2.13. The fraction of sp³-hybridized carbons (Fsp3) is 0.250. The number of hydrogen-bond donors (Lipinski definition) is 1. The summed E-state index contributed by atoms with van der Waals surface area (Å²) in [4.78, 5) is 5.87. The van der Waals surface area contributed by atoms with E-state index in [1.165, 1.54) is 4.80 Å². The van der Waals surface area contributed by atoms with E-state index in [1.807, 2.05) is 50.4 Å². The van der Waals surface area contributed by atoms with Gasteiger partial charge in [-0.2, -0.15) is 15.0 Å². The molecule has 0 spiro atoms. The van der Waals surface area contributed by atoms with E-state index in [0.29, 0.717) is 6.54 Å². The first-order valence-corrected chi connectivity index (χ1v) is 8.54. The van der Waals surface area contributed by atoms with Crippen LogP contribution < -0.4 is 5.73 Å². The summed E-state index contributed by atoms with van der Waals surface area (Å²) >= 11 is 1.56. The van der Waals surface area contributed by atoms with Gasteiger partial charge in [0.05, 0.1) is 18.0 Å². The first kappa shape index (κ1) is 16.9. The van der Waals surface area contributed by atoms with E-state index >= 15 is 0 Å². The fourth-order valence-corrected chi connectivity index (χ4v) is 3.00. The van der Waals surface area contributed by atoms with E-state index in [2.05, 4.69) is 30.6 Å². The summed E-state index contributed by atoms with van der Waals surface area (Å²) in [7, 11) is 0. The first-order chi connectivity index (χ1) is 12.0. The highest BCUT2D eigenvalue weighted by atomic mass is 32.1. The lowest BCUT2D eigenvalue weighted by atomic mass is 10.0. The Kier molecular flexibility index (Phi) is 4.94. The van der Waals surface area contributed by atoms with Crippen molar-refractivity contribution in [1.82, 2.24) is 25.2 Å². The SMILES string of the molecule is CC(=NN=C(C)c1ccccc1Cn1nnc(N)n1)c1nc(C)cs1. The minimum atomic E-state index is 0.154. The van der Waals surface area contributed by atoms with E-state index in [-0.39, 0.29) is 5.95 Å². The van der Waals surface area contributed by atoms with Gasteiger partial charge in [0.25, 0.3) is 5.95 Å².